The molecule has 2 atom stereocenters. The molecule has 0 spiro atoms. The Morgan fingerprint density at radius 3 is 2.62 bits per heavy atom. The predicted octanol–water partition coefficient (Wildman–Crippen LogP) is 2.51. The molecule has 1 aromatic carbocycles. The summed E-state index contributed by atoms with van der Waals surface area (Å²) in [4.78, 5) is 36.5. The number of hydrogen-bond acceptors (Lipinski definition) is 6. The standard InChI is InChI=1S/C18H25N3O5/c1-12-6-4-5-7-15(12)19-17(22)11-26-18(23)14-10-13(21(24)25)8-9-16(14)20(2)3/h8-10,12,15H,4-7,11H2,1-3H3,(H,19,22)/t12-,15-/m1/s1. The Bertz CT molecular complexity index is 689. The van der Waals surface area contributed by atoms with Gasteiger partial charge in [0.15, 0.2) is 6.61 Å². The first-order valence-electron chi connectivity index (χ1n) is 8.72. The number of nitro benzene ring substituents is 1. The molecule has 1 aromatic rings. The first kappa shape index (κ1) is 19.7. The molecule has 0 unspecified atom stereocenters. The fourth-order valence-corrected chi connectivity index (χ4v) is 3.18. The minimum atomic E-state index is -0.760. The molecule has 8 heteroatoms. The minimum absolute atomic E-state index is 0.0584. The maximum absolute atomic E-state index is 12.4. The summed E-state index contributed by atoms with van der Waals surface area (Å²) < 4.78 is 5.09. The van der Waals surface area contributed by atoms with Crippen LogP contribution in [0.1, 0.15) is 43.0 Å². The second-order valence-corrected chi connectivity index (χ2v) is 6.86. The van der Waals surface area contributed by atoms with Gasteiger partial charge in [0.25, 0.3) is 11.6 Å². The van der Waals surface area contributed by atoms with E-state index in [0.29, 0.717) is 11.6 Å². The summed E-state index contributed by atoms with van der Waals surface area (Å²) in [6, 6.07) is 4.07. The number of hydrogen-bond donors (Lipinski definition) is 1. The second-order valence-electron chi connectivity index (χ2n) is 6.86. The summed E-state index contributed by atoms with van der Waals surface area (Å²) in [5, 5.41) is 13.9. The van der Waals surface area contributed by atoms with Crippen LogP contribution in [0.2, 0.25) is 0 Å². The molecule has 1 N–H and O–H groups in total. The fourth-order valence-electron chi connectivity index (χ4n) is 3.18. The SMILES string of the molecule is C[C@@H]1CCCC[C@H]1NC(=O)COC(=O)c1cc([N+](=O)[O-])ccc1N(C)C. The second kappa shape index (κ2) is 8.64. The molecule has 26 heavy (non-hydrogen) atoms. The van der Waals surface area contributed by atoms with Gasteiger partial charge in [-0.1, -0.05) is 19.8 Å². The van der Waals surface area contributed by atoms with Crippen molar-refractivity contribution in [3.8, 4) is 0 Å². The lowest BCUT2D eigenvalue weighted by atomic mass is 9.86. The van der Waals surface area contributed by atoms with E-state index in [4.69, 9.17) is 4.74 Å². The van der Waals surface area contributed by atoms with Gasteiger partial charge in [-0.3, -0.25) is 14.9 Å². The summed E-state index contributed by atoms with van der Waals surface area (Å²) in [7, 11) is 3.43. The van der Waals surface area contributed by atoms with Gasteiger partial charge in [-0.15, -0.1) is 0 Å². The van der Waals surface area contributed by atoms with Crippen molar-refractivity contribution >= 4 is 23.3 Å². The van der Waals surface area contributed by atoms with E-state index in [1.54, 1.807) is 19.0 Å². The number of esters is 1. The van der Waals surface area contributed by atoms with Gasteiger partial charge in [-0.05, 0) is 24.8 Å². The number of nitro groups is 1. The maximum atomic E-state index is 12.4. The van der Waals surface area contributed by atoms with Gasteiger partial charge in [0.2, 0.25) is 0 Å². The van der Waals surface area contributed by atoms with Crippen molar-refractivity contribution in [1.82, 2.24) is 5.32 Å². The number of rotatable bonds is 6. The molecule has 1 amide bonds. The molecule has 0 aliphatic heterocycles. The molecule has 0 heterocycles. The highest BCUT2D eigenvalue weighted by atomic mass is 16.6. The number of non-ortho nitro benzene ring substituents is 1. The van der Waals surface area contributed by atoms with Crippen LogP contribution in [0.5, 0.6) is 0 Å². The molecule has 1 fully saturated rings. The summed E-state index contributed by atoms with van der Waals surface area (Å²) in [6.45, 7) is 1.69. The average molecular weight is 363 g/mol. The van der Waals surface area contributed by atoms with Gasteiger partial charge in [-0.2, -0.15) is 0 Å². The average Bonchev–Trinajstić information content (AvgIpc) is 2.61. The predicted molar refractivity (Wildman–Crippen MR) is 97.3 cm³/mol. The van der Waals surface area contributed by atoms with Gasteiger partial charge in [-0.25, -0.2) is 4.79 Å². The highest BCUT2D eigenvalue weighted by molar-refractivity contribution is 5.97. The molecule has 1 saturated carbocycles. The molecule has 0 aromatic heterocycles. The van der Waals surface area contributed by atoms with Crippen molar-refractivity contribution in [2.45, 2.75) is 38.6 Å². The molecule has 0 radical (unpaired) electrons. The van der Waals surface area contributed by atoms with Crippen LogP contribution in [0, 0.1) is 16.0 Å². The topological polar surface area (TPSA) is 102 Å². The van der Waals surface area contributed by atoms with Crippen LogP contribution in [0.15, 0.2) is 18.2 Å². The quantitative estimate of drug-likeness (QED) is 0.473. The molecule has 2 rings (SSSR count). The Labute approximate surface area is 152 Å². The third-order valence-electron chi connectivity index (χ3n) is 4.68. The summed E-state index contributed by atoms with van der Waals surface area (Å²) in [6.07, 6.45) is 4.25. The third-order valence-corrected chi connectivity index (χ3v) is 4.68. The first-order valence-corrected chi connectivity index (χ1v) is 8.72. The van der Waals surface area contributed by atoms with Crippen molar-refractivity contribution in [2.24, 2.45) is 5.92 Å². The Hall–Kier alpha value is -2.64. The zero-order valence-electron chi connectivity index (χ0n) is 15.4. The summed E-state index contributed by atoms with van der Waals surface area (Å²) in [5.41, 5.74) is 0.341. The Balaban J connectivity index is 2.01. The maximum Gasteiger partial charge on any atom is 0.341 e. The number of benzene rings is 1. The van der Waals surface area contributed by atoms with Crippen LogP contribution in [-0.4, -0.2) is 43.5 Å². The zero-order valence-corrected chi connectivity index (χ0v) is 15.4. The van der Waals surface area contributed by atoms with E-state index in [2.05, 4.69) is 12.2 Å². The van der Waals surface area contributed by atoms with Crippen molar-refractivity contribution in [3.05, 3.63) is 33.9 Å². The third kappa shape index (κ3) is 4.93. The van der Waals surface area contributed by atoms with Crippen LogP contribution in [-0.2, 0) is 9.53 Å². The summed E-state index contributed by atoms with van der Waals surface area (Å²) in [5.74, 6) is -0.710. The van der Waals surface area contributed by atoms with Gasteiger partial charge in [0, 0.05) is 32.3 Å². The van der Waals surface area contributed by atoms with E-state index in [0.717, 1.165) is 19.3 Å². The van der Waals surface area contributed by atoms with Crippen LogP contribution >= 0.6 is 0 Å². The van der Waals surface area contributed by atoms with Crippen LogP contribution in [0.3, 0.4) is 0 Å². The van der Waals surface area contributed by atoms with Crippen LogP contribution in [0.4, 0.5) is 11.4 Å². The fraction of sp³-hybridized carbons (Fsp3) is 0.556. The van der Waals surface area contributed by atoms with E-state index < -0.39 is 17.5 Å². The number of nitrogens with zero attached hydrogens (tertiary/aromatic N) is 2. The molecule has 0 bridgehead atoms. The van der Waals surface area contributed by atoms with E-state index in [-0.39, 0.29) is 23.2 Å². The number of amides is 1. The Morgan fingerprint density at radius 1 is 1.31 bits per heavy atom. The highest BCUT2D eigenvalue weighted by Crippen LogP contribution is 2.25. The molecule has 1 aliphatic rings. The molecule has 0 saturated heterocycles. The lowest BCUT2D eigenvalue weighted by Crippen LogP contribution is -2.42. The normalized spacial score (nSPS) is 19.5. The molecular formula is C18H25N3O5. The van der Waals surface area contributed by atoms with Crippen molar-refractivity contribution in [2.75, 3.05) is 25.6 Å². The van der Waals surface area contributed by atoms with Crippen molar-refractivity contribution in [1.29, 1.82) is 0 Å². The minimum Gasteiger partial charge on any atom is -0.452 e. The van der Waals surface area contributed by atoms with E-state index in [9.17, 15) is 19.7 Å². The van der Waals surface area contributed by atoms with Gasteiger partial charge in [0.05, 0.1) is 16.2 Å². The van der Waals surface area contributed by atoms with Crippen molar-refractivity contribution < 1.29 is 19.2 Å². The zero-order chi connectivity index (χ0) is 19.3. The largest absolute Gasteiger partial charge is 0.452 e. The van der Waals surface area contributed by atoms with E-state index in [1.165, 1.54) is 24.6 Å². The lowest BCUT2D eigenvalue weighted by Gasteiger charge is -2.29. The Morgan fingerprint density at radius 2 is 2.00 bits per heavy atom. The van der Waals surface area contributed by atoms with Gasteiger partial charge >= 0.3 is 5.97 Å². The van der Waals surface area contributed by atoms with Crippen LogP contribution < -0.4 is 10.2 Å². The van der Waals surface area contributed by atoms with Crippen molar-refractivity contribution in [3.63, 3.8) is 0 Å². The number of anilines is 1. The number of nitrogens with one attached hydrogen (secondary N) is 1. The highest BCUT2D eigenvalue weighted by Gasteiger charge is 2.24. The van der Waals surface area contributed by atoms with Gasteiger partial charge < -0.3 is 15.0 Å². The summed E-state index contributed by atoms with van der Waals surface area (Å²) >= 11 is 0. The monoisotopic (exact) mass is 363 g/mol. The molecular weight excluding hydrogens is 338 g/mol. The molecule has 1 aliphatic carbocycles. The first-order chi connectivity index (χ1) is 12.3. The lowest BCUT2D eigenvalue weighted by molar-refractivity contribution is -0.384. The molecule has 8 nitrogen and oxygen atoms in total. The number of ether oxygens (including phenoxy) is 1. The number of carbonyl (C=O) groups is 2. The molecule has 142 valence electrons. The Kier molecular flexibility index (Phi) is 6.54. The number of carbonyl (C=O) groups excluding carboxylic acids is 2. The van der Waals surface area contributed by atoms with Gasteiger partial charge in [0.1, 0.15) is 0 Å². The van der Waals surface area contributed by atoms with E-state index in [1.807, 2.05) is 0 Å². The van der Waals surface area contributed by atoms with E-state index >= 15 is 0 Å². The smallest absolute Gasteiger partial charge is 0.341 e. The van der Waals surface area contributed by atoms with Crippen LogP contribution in [0.25, 0.3) is 0 Å².